The predicted octanol–water partition coefficient (Wildman–Crippen LogP) is 4.06. The number of fused-ring (bicyclic) bond motifs is 1. The zero-order valence-corrected chi connectivity index (χ0v) is 17.0. The molecule has 0 radical (unpaired) electrons. The van der Waals surface area contributed by atoms with Crippen LogP contribution in [0.4, 0.5) is 0 Å². The number of rotatable bonds is 4. The van der Waals surface area contributed by atoms with Gasteiger partial charge in [-0.3, -0.25) is 14.2 Å². The first kappa shape index (κ1) is 19.4. The summed E-state index contributed by atoms with van der Waals surface area (Å²) in [5.74, 6) is 0.154. The molecule has 2 atom stereocenters. The number of aromatic nitrogens is 2. The van der Waals surface area contributed by atoms with Gasteiger partial charge < -0.3 is 5.32 Å². The van der Waals surface area contributed by atoms with Crippen molar-refractivity contribution < 1.29 is 4.79 Å². The third kappa shape index (κ3) is 4.09. The fourth-order valence-corrected chi connectivity index (χ4v) is 4.17. The van der Waals surface area contributed by atoms with Crippen molar-refractivity contribution in [3.63, 3.8) is 0 Å². The maximum atomic E-state index is 13.3. The maximum absolute atomic E-state index is 13.3. The van der Waals surface area contributed by atoms with E-state index in [1.807, 2.05) is 43.3 Å². The van der Waals surface area contributed by atoms with Gasteiger partial charge in [-0.05, 0) is 49.4 Å². The van der Waals surface area contributed by atoms with Crippen molar-refractivity contribution in [3.8, 4) is 0 Å². The van der Waals surface area contributed by atoms with Gasteiger partial charge in [-0.25, -0.2) is 4.98 Å². The van der Waals surface area contributed by atoms with Crippen LogP contribution in [-0.4, -0.2) is 21.5 Å². The quantitative estimate of drug-likeness (QED) is 0.732. The van der Waals surface area contributed by atoms with Gasteiger partial charge in [0.2, 0.25) is 0 Å². The zero-order chi connectivity index (χ0) is 20.4. The molecule has 4 rings (SSSR count). The standard InChI is InChI=1S/C24H27N3O2/c1-16-9-11-18(12-10-16)15-27-22-19(7-5-13-25-22)14-20(24(27)29)23(28)26-21-8-4-3-6-17(21)2/h5,7,9-14,17,21H,3-4,6,8,15H2,1-2H3,(H,26,28)/t17-,21+/m0/s1. The molecule has 1 amide bonds. The van der Waals surface area contributed by atoms with Gasteiger partial charge >= 0.3 is 0 Å². The van der Waals surface area contributed by atoms with Crippen molar-refractivity contribution in [2.24, 2.45) is 5.92 Å². The smallest absolute Gasteiger partial charge is 0.265 e. The molecule has 0 saturated heterocycles. The molecule has 5 nitrogen and oxygen atoms in total. The second-order valence-corrected chi connectivity index (χ2v) is 8.19. The highest BCUT2D eigenvalue weighted by atomic mass is 16.2. The number of nitrogens with zero attached hydrogens (tertiary/aromatic N) is 2. The summed E-state index contributed by atoms with van der Waals surface area (Å²) in [6.45, 7) is 4.59. The molecule has 0 bridgehead atoms. The van der Waals surface area contributed by atoms with Crippen LogP contribution in [0.25, 0.3) is 11.0 Å². The highest BCUT2D eigenvalue weighted by Gasteiger charge is 2.25. The number of hydrogen-bond donors (Lipinski definition) is 1. The molecule has 150 valence electrons. The van der Waals surface area contributed by atoms with Crippen LogP contribution in [0.1, 0.15) is 54.1 Å². The van der Waals surface area contributed by atoms with E-state index < -0.39 is 0 Å². The van der Waals surface area contributed by atoms with Gasteiger partial charge in [-0.15, -0.1) is 0 Å². The van der Waals surface area contributed by atoms with Gasteiger partial charge in [0.05, 0.1) is 6.54 Å². The molecule has 2 aromatic heterocycles. The molecule has 2 heterocycles. The van der Waals surface area contributed by atoms with Crippen molar-refractivity contribution in [1.82, 2.24) is 14.9 Å². The molecule has 1 aromatic carbocycles. The molecular weight excluding hydrogens is 362 g/mol. The molecule has 0 aliphatic heterocycles. The summed E-state index contributed by atoms with van der Waals surface area (Å²) in [5, 5.41) is 3.91. The number of benzene rings is 1. The Hall–Kier alpha value is -2.95. The molecule has 1 fully saturated rings. The van der Waals surface area contributed by atoms with E-state index in [1.54, 1.807) is 16.8 Å². The first-order valence-electron chi connectivity index (χ1n) is 10.4. The highest BCUT2D eigenvalue weighted by Crippen LogP contribution is 2.24. The topological polar surface area (TPSA) is 64.0 Å². The van der Waals surface area contributed by atoms with E-state index in [0.29, 0.717) is 18.1 Å². The van der Waals surface area contributed by atoms with E-state index in [-0.39, 0.29) is 23.1 Å². The van der Waals surface area contributed by atoms with Gasteiger partial charge in [0, 0.05) is 17.6 Å². The minimum Gasteiger partial charge on any atom is -0.349 e. The molecule has 29 heavy (non-hydrogen) atoms. The lowest BCUT2D eigenvalue weighted by Crippen LogP contribution is -2.43. The van der Waals surface area contributed by atoms with Crippen LogP contribution >= 0.6 is 0 Å². The maximum Gasteiger partial charge on any atom is 0.265 e. The van der Waals surface area contributed by atoms with Gasteiger partial charge in [0.15, 0.2) is 0 Å². The molecule has 1 saturated carbocycles. The fraction of sp³-hybridized carbons (Fsp3) is 0.375. The van der Waals surface area contributed by atoms with Crippen molar-refractivity contribution in [3.05, 3.63) is 75.7 Å². The summed E-state index contributed by atoms with van der Waals surface area (Å²) in [7, 11) is 0. The Balaban J connectivity index is 1.72. The van der Waals surface area contributed by atoms with E-state index in [4.69, 9.17) is 0 Å². The number of pyridine rings is 2. The molecule has 5 heteroatoms. The molecule has 0 unspecified atom stereocenters. The average Bonchev–Trinajstić information content (AvgIpc) is 2.73. The number of nitrogens with one attached hydrogen (secondary N) is 1. The summed E-state index contributed by atoms with van der Waals surface area (Å²) in [6.07, 6.45) is 6.09. The van der Waals surface area contributed by atoms with E-state index in [0.717, 1.165) is 30.2 Å². The Bertz CT molecular complexity index is 1090. The minimum absolute atomic E-state index is 0.130. The highest BCUT2D eigenvalue weighted by molar-refractivity contribution is 5.97. The average molecular weight is 389 g/mol. The molecule has 1 aliphatic rings. The summed E-state index contributed by atoms with van der Waals surface area (Å²) in [6, 6.07) is 13.6. The largest absolute Gasteiger partial charge is 0.349 e. The number of aryl methyl sites for hydroxylation is 1. The van der Waals surface area contributed by atoms with Crippen LogP contribution in [0.5, 0.6) is 0 Å². The van der Waals surface area contributed by atoms with E-state index >= 15 is 0 Å². The predicted molar refractivity (Wildman–Crippen MR) is 115 cm³/mol. The Morgan fingerprint density at radius 2 is 1.93 bits per heavy atom. The van der Waals surface area contributed by atoms with Crippen LogP contribution in [0.2, 0.25) is 0 Å². The summed E-state index contributed by atoms with van der Waals surface area (Å²) >= 11 is 0. The number of hydrogen-bond acceptors (Lipinski definition) is 3. The monoisotopic (exact) mass is 389 g/mol. The number of carbonyl (C=O) groups excluding carboxylic acids is 1. The first-order valence-corrected chi connectivity index (χ1v) is 10.4. The number of amides is 1. The normalized spacial score (nSPS) is 19.2. The summed E-state index contributed by atoms with van der Waals surface area (Å²) < 4.78 is 1.61. The van der Waals surface area contributed by atoms with Crippen LogP contribution in [0, 0.1) is 12.8 Å². The van der Waals surface area contributed by atoms with Crippen LogP contribution in [0.15, 0.2) is 53.5 Å². The molecule has 3 aromatic rings. The lowest BCUT2D eigenvalue weighted by atomic mass is 9.86. The van der Waals surface area contributed by atoms with Gasteiger partial charge in [0.25, 0.3) is 11.5 Å². The summed E-state index contributed by atoms with van der Waals surface area (Å²) in [4.78, 5) is 30.7. The molecule has 1 N–H and O–H groups in total. The van der Waals surface area contributed by atoms with Crippen molar-refractivity contribution in [2.45, 2.75) is 52.1 Å². The van der Waals surface area contributed by atoms with Crippen molar-refractivity contribution in [2.75, 3.05) is 0 Å². The number of carbonyl (C=O) groups is 1. The second-order valence-electron chi connectivity index (χ2n) is 8.19. The fourth-order valence-electron chi connectivity index (χ4n) is 4.17. The lowest BCUT2D eigenvalue weighted by Gasteiger charge is -2.29. The Morgan fingerprint density at radius 1 is 1.17 bits per heavy atom. The Kier molecular flexibility index (Phi) is 5.47. The second kappa shape index (κ2) is 8.19. The summed E-state index contributed by atoms with van der Waals surface area (Å²) in [5.41, 5.74) is 2.66. The van der Waals surface area contributed by atoms with Crippen LogP contribution in [0.3, 0.4) is 0 Å². The van der Waals surface area contributed by atoms with Gasteiger partial charge in [-0.2, -0.15) is 0 Å². The third-order valence-electron chi connectivity index (χ3n) is 5.98. The van der Waals surface area contributed by atoms with E-state index in [2.05, 4.69) is 17.2 Å². The minimum atomic E-state index is -0.294. The SMILES string of the molecule is Cc1ccc(Cn2c(=O)c(C(=O)N[C@@H]3CCCC[C@@H]3C)cc3cccnc32)cc1. The third-order valence-corrected chi connectivity index (χ3v) is 5.98. The molecule has 1 aliphatic carbocycles. The van der Waals surface area contributed by atoms with Crippen LogP contribution in [-0.2, 0) is 6.54 Å². The lowest BCUT2D eigenvalue weighted by molar-refractivity contribution is 0.0908. The van der Waals surface area contributed by atoms with Gasteiger partial charge in [-0.1, -0.05) is 49.6 Å². The van der Waals surface area contributed by atoms with Crippen molar-refractivity contribution >= 4 is 16.9 Å². The van der Waals surface area contributed by atoms with E-state index in [9.17, 15) is 9.59 Å². The molecule has 0 spiro atoms. The Labute approximate surface area is 170 Å². The van der Waals surface area contributed by atoms with Gasteiger partial charge in [0.1, 0.15) is 11.2 Å². The molecular formula is C24H27N3O2. The van der Waals surface area contributed by atoms with Crippen molar-refractivity contribution in [1.29, 1.82) is 0 Å². The van der Waals surface area contributed by atoms with E-state index in [1.165, 1.54) is 12.0 Å². The van der Waals surface area contributed by atoms with Crippen LogP contribution < -0.4 is 10.9 Å². The first-order chi connectivity index (χ1) is 14.0. The Morgan fingerprint density at radius 3 is 2.69 bits per heavy atom. The zero-order valence-electron chi connectivity index (χ0n) is 17.0.